The molecule has 1 aromatic heterocycles. The fourth-order valence-electron chi connectivity index (χ4n) is 3.09. The number of ether oxygens (including phenoxy) is 3. The van der Waals surface area contributed by atoms with Gasteiger partial charge < -0.3 is 14.2 Å². The fourth-order valence-corrected chi connectivity index (χ4v) is 4.59. The van der Waals surface area contributed by atoms with Gasteiger partial charge in [-0.25, -0.2) is 8.42 Å². The van der Waals surface area contributed by atoms with Crippen LogP contribution in [-0.2, 0) is 10.0 Å². The van der Waals surface area contributed by atoms with E-state index in [0.29, 0.717) is 43.6 Å². The molecule has 0 unspecified atom stereocenters. The van der Waals surface area contributed by atoms with E-state index in [1.807, 2.05) is 13.0 Å². The molecule has 0 N–H and O–H groups in total. The fraction of sp³-hybridized carbons (Fsp3) is 0.444. The van der Waals surface area contributed by atoms with Crippen LogP contribution in [0.25, 0.3) is 0 Å². The summed E-state index contributed by atoms with van der Waals surface area (Å²) in [6.45, 7) is 3.57. The Labute approximate surface area is 158 Å². The van der Waals surface area contributed by atoms with Gasteiger partial charge in [0.15, 0.2) is 11.5 Å². The molecule has 3 heterocycles. The summed E-state index contributed by atoms with van der Waals surface area (Å²) in [4.78, 5) is 0.197. The maximum atomic E-state index is 13.0. The maximum absolute atomic E-state index is 13.0. The summed E-state index contributed by atoms with van der Waals surface area (Å²) in [6.07, 6.45) is 1.11. The number of fused-ring (bicyclic) bond motifs is 1. The second-order valence-electron chi connectivity index (χ2n) is 6.56. The quantitative estimate of drug-likeness (QED) is 0.785. The molecular weight excluding hydrogens is 370 g/mol. The van der Waals surface area contributed by atoms with Crippen molar-refractivity contribution in [1.82, 2.24) is 14.5 Å². The van der Waals surface area contributed by atoms with Gasteiger partial charge in [-0.3, -0.25) is 0 Å². The van der Waals surface area contributed by atoms with Crippen LogP contribution in [0.5, 0.6) is 17.4 Å². The van der Waals surface area contributed by atoms with Crippen LogP contribution < -0.4 is 14.2 Å². The molecule has 2 aromatic rings. The van der Waals surface area contributed by atoms with Gasteiger partial charge in [0.2, 0.25) is 15.9 Å². The third kappa shape index (κ3) is 3.84. The van der Waals surface area contributed by atoms with Crippen molar-refractivity contribution in [2.45, 2.75) is 30.8 Å². The summed E-state index contributed by atoms with van der Waals surface area (Å²) in [7, 11) is -3.63. The lowest BCUT2D eigenvalue weighted by Crippen LogP contribution is -2.31. The van der Waals surface area contributed by atoms with Gasteiger partial charge in [-0.05, 0) is 31.5 Å². The van der Waals surface area contributed by atoms with E-state index in [-0.39, 0.29) is 17.5 Å². The van der Waals surface area contributed by atoms with Gasteiger partial charge in [0.25, 0.3) is 0 Å². The first-order chi connectivity index (χ1) is 13.0. The van der Waals surface area contributed by atoms with Crippen molar-refractivity contribution in [1.29, 1.82) is 0 Å². The first-order valence-electron chi connectivity index (χ1n) is 8.89. The lowest BCUT2D eigenvalue weighted by Gasteiger charge is -2.18. The second kappa shape index (κ2) is 7.32. The largest absolute Gasteiger partial charge is 0.490 e. The summed E-state index contributed by atoms with van der Waals surface area (Å²) in [6, 6.07) is 8.30. The SMILES string of the molecule is Cc1ccc(O[C@H]2CCN(S(=O)(=O)c3ccc4c(c3)OCCCO4)C2)nn1. The van der Waals surface area contributed by atoms with E-state index < -0.39 is 10.0 Å². The van der Waals surface area contributed by atoms with Crippen LogP contribution in [0.1, 0.15) is 18.5 Å². The number of benzene rings is 1. The monoisotopic (exact) mass is 391 g/mol. The van der Waals surface area contributed by atoms with Crippen molar-refractivity contribution in [2.75, 3.05) is 26.3 Å². The molecule has 1 atom stereocenters. The minimum absolute atomic E-state index is 0.197. The zero-order chi connectivity index (χ0) is 18.9. The average molecular weight is 391 g/mol. The molecule has 0 amide bonds. The molecule has 1 fully saturated rings. The van der Waals surface area contributed by atoms with Crippen LogP contribution >= 0.6 is 0 Å². The number of sulfonamides is 1. The van der Waals surface area contributed by atoms with Gasteiger partial charge in [0, 0.05) is 25.1 Å². The summed E-state index contributed by atoms with van der Waals surface area (Å²) in [5.41, 5.74) is 0.799. The summed E-state index contributed by atoms with van der Waals surface area (Å²) in [5.74, 6) is 1.45. The molecular formula is C18H21N3O5S. The topological polar surface area (TPSA) is 90.9 Å². The van der Waals surface area contributed by atoms with Crippen LogP contribution in [0.2, 0.25) is 0 Å². The molecule has 2 aliphatic heterocycles. The summed E-state index contributed by atoms with van der Waals surface area (Å²) in [5, 5.41) is 7.93. The Hall–Kier alpha value is -2.39. The molecule has 4 rings (SSSR count). The first kappa shape index (κ1) is 18.0. The first-order valence-corrected chi connectivity index (χ1v) is 10.3. The van der Waals surface area contributed by atoms with E-state index in [1.165, 1.54) is 10.4 Å². The van der Waals surface area contributed by atoms with Crippen LogP contribution in [0.4, 0.5) is 0 Å². The molecule has 8 nitrogen and oxygen atoms in total. The molecule has 1 saturated heterocycles. The highest BCUT2D eigenvalue weighted by Gasteiger charge is 2.34. The van der Waals surface area contributed by atoms with Gasteiger partial charge >= 0.3 is 0 Å². The number of aromatic nitrogens is 2. The standard InChI is InChI=1S/C18H21N3O5S/c1-13-3-6-18(20-19-13)26-14-7-8-21(12-14)27(22,23)15-4-5-16-17(11-15)25-10-2-9-24-16/h3-6,11,14H,2,7-10,12H2,1H3/t14-/m0/s1. The smallest absolute Gasteiger partial charge is 0.243 e. The summed E-state index contributed by atoms with van der Waals surface area (Å²) < 4.78 is 44.4. The van der Waals surface area contributed by atoms with Crippen molar-refractivity contribution < 1.29 is 22.6 Å². The lowest BCUT2D eigenvalue weighted by molar-refractivity contribution is 0.204. The predicted molar refractivity (Wildman–Crippen MR) is 96.6 cm³/mol. The van der Waals surface area contributed by atoms with Crippen molar-refractivity contribution in [3.63, 3.8) is 0 Å². The highest BCUT2D eigenvalue weighted by molar-refractivity contribution is 7.89. The normalized spacial score (nSPS) is 20.3. The molecule has 2 aliphatic rings. The van der Waals surface area contributed by atoms with Crippen molar-refractivity contribution in [3.8, 4) is 17.4 Å². The Kier molecular flexibility index (Phi) is 4.88. The zero-order valence-electron chi connectivity index (χ0n) is 15.0. The van der Waals surface area contributed by atoms with Crippen molar-refractivity contribution in [3.05, 3.63) is 36.0 Å². The highest BCUT2D eigenvalue weighted by atomic mass is 32.2. The number of rotatable bonds is 4. The average Bonchev–Trinajstić information content (AvgIpc) is 3.01. The summed E-state index contributed by atoms with van der Waals surface area (Å²) >= 11 is 0. The Morgan fingerprint density at radius 1 is 1.11 bits per heavy atom. The predicted octanol–water partition coefficient (Wildman–Crippen LogP) is 1.79. The third-order valence-electron chi connectivity index (χ3n) is 4.53. The molecule has 27 heavy (non-hydrogen) atoms. The van der Waals surface area contributed by atoms with E-state index in [0.717, 1.165) is 12.1 Å². The minimum Gasteiger partial charge on any atom is -0.490 e. The zero-order valence-corrected chi connectivity index (χ0v) is 15.8. The molecule has 144 valence electrons. The van der Waals surface area contributed by atoms with E-state index in [4.69, 9.17) is 14.2 Å². The van der Waals surface area contributed by atoms with Gasteiger partial charge in [-0.15, -0.1) is 5.10 Å². The highest BCUT2D eigenvalue weighted by Crippen LogP contribution is 2.33. The van der Waals surface area contributed by atoms with Crippen molar-refractivity contribution >= 4 is 10.0 Å². The van der Waals surface area contributed by atoms with Gasteiger partial charge in [0.05, 0.1) is 30.3 Å². The molecule has 0 spiro atoms. The molecule has 0 aliphatic carbocycles. The van der Waals surface area contributed by atoms with Gasteiger partial charge in [0.1, 0.15) is 6.10 Å². The molecule has 0 bridgehead atoms. The maximum Gasteiger partial charge on any atom is 0.243 e. The number of aryl methyl sites for hydroxylation is 1. The van der Waals surface area contributed by atoms with E-state index in [9.17, 15) is 8.42 Å². The lowest BCUT2D eigenvalue weighted by atomic mass is 10.3. The molecule has 1 aromatic carbocycles. The molecule has 9 heteroatoms. The number of hydrogen-bond acceptors (Lipinski definition) is 7. The van der Waals surface area contributed by atoms with Crippen LogP contribution in [0.15, 0.2) is 35.2 Å². The minimum atomic E-state index is -3.63. The van der Waals surface area contributed by atoms with Gasteiger partial charge in [-0.1, -0.05) is 0 Å². The van der Waals surface area contributed by atoms with Crippen LogP contribution in [0.3, 0.4) is 0 Å². The van der Waals surface area contributed by atoms with Crippen LogP contribution in [-0.4, -0.2) is 55.3 Å². The van der Waals surface area contributed by atoms with Crippen LogP contribution in [0, 0.1) is 6.92 Å². The molecule has 0 saturated carbocycles. The Balaban J connectivity index is 1.48. The third-order valence-corrected chi connectivity index (χ3v) is 6.39. The van der Waals surface area contributed by atoms with Crippen molar-refractivity contribution in [2.24, 2.45) is 0 Å². The van der Waals surface area contributed by atoms with E-state index in [1.54, 1.807) is 18.2 Å². The number of hydrogen-bond donors (Lipinski definition) is 0. The van der Waals surface area contributed by atoms with E-state index in [2.05, 4.69) is 10.2 Å². The number of nitrogens with zero attached hydrogens (tertiary/aromatic N) is 3. The Morgan fingerprint density at radius 3 is 2.70 bits per heavy atom. The second-order valence-corrected chi connectivity index (χ2v) is 8.50. The van der Waals surface area contributed by atoms with E-state index >= 15 is 0 Å². The van der Waals surface area contributed by atoms with Gasteiger partial charge in [-0.2, -0.15) is 9.40 Å². The Morgan fingerprint density at radius 2 is 1.93 bits per heavy atom. The molecule has 0 radical (unpaired) electrons. The Bertz CT molecular complexity index is 917.